The maximum absolute atomic E-state index is 12.0. The molecular weight excluding hydrogens is 256 g/mol. The molecule has 0 heterocycles. The zero-order chi connectivity index (χ0) is 14.6. The number of ether oxygens (including phenoxy) is 1. The van der Waals surface area contributed by atoms with Gasteiger partial charge < -0.3 is 14.9 Å². The van der Waals surface area contributed by atoms with E-state index in [9.17, 15) is 15.0 Å². The normalized spacial score (nSPS) is 15.2. The van der Waals surface area contributed by atoms with Crippen LogP contribution in [0.5, 0.6) is 0 Å². The smallest absolute Gasteiger partial charge is 0.345 e. The molecule has 0 fully saturated rings. The Morgan fingerprint density at radius 2 is 1.55 bits per heavy atom. The van der Waals surface area contributed by atoms with E-state index in [-0.39, 0.29) is 5.56 Å². The second-order valence-electron chi connectivity index (χ2n) is 4.44. The first kappa shape index (κ1) is 14.2. The monoisotopic (exact) mass is 272 g/mol. The minimum atomic E-state index is -2.14. The number of aliphatic hydroxyl groups excluding tert-OH is 1. The van der Waals surface area contributed by atoms with Crippen LogP contribution in [-0.4, -0.2) is 23.3 Å². The lowest BCUT2D eigenvalue weighted by Crippen LogP contribution is -2.42. The van der Waals surface area contributed by atoms with Crippen LogP contribution in [0, 0.1) is 0 Å². The SMILES string of the molecule is COC(=O)[C@@](O)(c1ccccc1)[C@H](O)c1ccccc1. The number of hydrogen-bond donors (Lipinski definition) is 2. The fourth-order valence-electron chi connectivity index (χ4n) is 2.11. The molecule has 0 aliphatic rings. The number of carbonyl (C=O) groups is 1. The Bertz CT molecular complexity index is 568. The summed E-state index contributed by atoms with van der Waals surface area (Å²) in [6.07, 6.45) is -1.42. The number of hydrogen-bond acceptors (Lipinski definition) is 4. The van der Waals surface area contributed by atoms with Gasteiger partial charge in [0.2, 0.25) is 5.60 Å². The molecule has 4 heteroatoms. The third kappa shape index (κ3) is 2.43. The molecule has 2 atom stereocenters. The largest absolute Gasteiger partial charge is 0.467 e. The molecule has 0 bridgehead atoms. The molecule has 2 rings (SSSR count). The van der Waals surface area contributed by atoms with E-state index in [2.05, 4.69) is 4.74 Å². The van der Waals surface area contributed by atoms with Crippen molar-refractivity contribution in [2.45, 2.75) is 11.7 Å². The average Bonchev–Trinajstić information content (AvgIpc) is 2.54. The first-order valence-corrected chi connectivity index (χ1v) is 6.20. The highest BCUT2D eigenvalue weighted by molar-refractivity contribution is 5.82. The Balaban J connectivity index is 2.51. The molecule has 2 N–H and O–H groups in total. The van der Waals surface area contributed by atoms with Crippen LogP contribution in [0.2, 0.25) is 0 Å². The van der Waals surface area contributed by atoms with Crippen molar-refractivity contribution < 1.29 is 19.7 Å². The lowest BCUT2D eigenvalue weighted by Gasteiger charge is -2.30. The van der Waals surface area contributed by atoms with Crippen molar-refractivity contribution in [3.05, 3.63) is 71.8 Å². The van der Waals surface area contributed by atoms with Gasteiger partial charge in [0, 0.05) is 0 Å². The summed E-state index contributed by atoms with van der Waals surface area (Å²) >= 11 is 0. The Hall–Kier alpha value is -2.17. The highest BCUT2D eigenvalue weighted by Gasteiger charge is 2.47. The van der Waals surface area contributed by atoms with E-state index >= 15 is 0 Å². The van der Waals surface area contributed by atoms with Crippen molar-refractivity contribution in [2.75, 3.05) is 7.11 Å². The second-order valence-corrected chi connectivity index (χ2v) is 4.44. The fourth-order valence-corrected chi connectivity index (χ4v) is 2.11. The summed E-state index contributed by atoms with van der Waals surface area (Å²) in [4.78, 5) is 12.0. The van der Waals surface area contributed by atoms with Gasteiger partial charge >= 0.3 is 5.97 Å². The van der Waals surface area contributed by atoms with Gasteiger partial charge in [0.05, 0.1) is 7.11 Å². The lowest BCUT2D eigenvalue weighted by atomic mass is 9.84. The molecule has 104 valence electrons. The highest BCUT2D eigenvalue weighted by atomic mass is 16.5. The standard InChI is InChI=1S/C16H16O4/c1-20-15(18)16(19,13-10-6-3-7-11-13)14(17)12-8-4-2-5-9-12/h2-11,14,17,19H,1H3/t14-,16-/m1/s1. The van der Waals surface area contributed by atoms with E-state index in [0.29, 0.717) is 5.56 Å². The number of carbonyl (C=O) groups excluding carboxylic acids is 1. The van der Waals surface area contributed by atoms with E-state index in [0.717, 1.165) is 0 Å². The van der Waals surface area contributed by atoms with Gasteiger partial charge in [-0.1, -0.05) is 60.7 Å². The summed E-state index contributed by atoms with van der Waals surface area (Å²) in [6, 6.07) is 16.8. The minimum absolute atomic E-state index is 0.281. The first-order valence-electron chi connectivity index (χ1n) is 6.20. The van der Waals surface area contributed by atoms with E-state index < -0.39 is 17.7 Å². The third-order valence-corrected chi connectivity index (χ3v) is 3.22. The topological polar surface area (TPSA) is 66.8 Å². The molecule has 4 nitrogen and oxygen atoms in total. The molecule has 0 radical (unpaired) electrons. The highest BCUT2D eigenvalue weighted by Crippen LogP contribution is 2.36. The Morgan fingerprint density at radius 3 is 2.05 bits per heavy atom. The summed E-state index contributed by atoms with van der Waals surface area (Å²) in [5, 5.41) is 21.2. The van der Waals surface area contributed by atoms with Gasteiger partial charge in [-0.25, -0.2) is 4.79 Å². The maximum Gasteiger partial charge on any atom is 0.345 e. The number of benzene rings is 2. The van der Waals surface area contributed by atoms with Crippen LogP contribution < -0.4 is 0 Å². The second kappa shape index (κ2) is 5.86. The van der Waals surface area contributed by atoms with Gasteiger partial charge in [-0.05, 0) is 11.1 Å². The van der Waals surface area contributed by atoms with Gasteiger partial charge in [-0.15, -0.1) is 0 Å². The summed E-state index contributed by atoms with van der Waals surface area (Å²) in [5.41, 5.74) is -1.43. The van der Waals surface area contributed by atoms with Crippen molar-refractivity contribution in [3.8, 4) is 0 Å². The molecule has 2 aromatic rings. The molecule has 0 aliphatic carbocycles. The fraction of sp³-hybridized carbons (Fsp3) is 0.188. The van der Waals surface area contributed by atoms with Crippen LogP contribution in [0.1, 0.15) is 17.2 Å². The van der Waals surface area contributed by atoms with E-state index in [1.54, 1.807) is 60.7 Å². The van der Waals surface area contributed by atoms with E-state index in [4.69, 9.17) is 0 Å². The van der Waals surface area contributed by atoms with Crippen LogP contribution in [0.4, 0.5) is 0 Å². The number of methoxy groups -OCH3 is 1. The molecule has 0 saturated carbocycles. The molecular formula is C16H16O4. The zero-order valence-corrected chi connectivity index (χ0v) is 11.1. The quantitative estimate of drug-likeness (QED) is 0.833. The Labute approximate surface area is 117 Å². The molecule has 0 unspecified atom stereocenters. The van der Waals surface area contributed by atoms with Crippen LogP contribution in [0.3, 0.4) is 0 Å². The molecule has 0 aliphatic heterocycles. The van der Waals surface area contributed by atoms with Crippen molar-refractivity contribution in [1.82, 2.24) is 0 Å². The van der Waals surface area contributed by atoms with Crippen molar-refractivity contribution in [1.29, 1.82) is 0 Å². The van der Waals surface area contributed by atoms with Gasteiger partial charge in [0.15, 0.2) is 0 Å². The number of esters is 1. The summed E-state index contributed by atoms with van der Waals surface area (Å²) in [6.45, 7) is 0. The molecule has 20 heavy (non-hydrogen) atoms. The third-order valence-electron chi connectivity index (χ3n) is 3.22. The molecule has 0 aromatic heterocycles. The summed E-state index contributed by atoms with van der Waals surface area (Å²) in [7, 11) is 1.17. The predicted molar refractivity (Wildman–Crippen MR) is 73.8 cm³/mol. The lowest BCUT2D eigenvalue weighted by molar-refractivity contribution is -0.178. The van der Waals surface area contributed by atoms with Gasteiger partial charge in [-0.2, -0.15) is 0 Å². The van der Waals surface area contributed by atoms with Crippen molar-refractivity contribution >= 4 is 5.97 Å². The zero-order valence-electron chi connectivity index (χ0n) is 11.1. The average molecular weight is 272 g/mol. The Kier molecular flexibility index (Phi) is 4.17. The van der Waals surface area contributed by atoms with Crippen LogP contribution in [-0.2, 0) is 15.1 Å². The van der Waals surface area contributed by atoms with Gasteiger partial charge in [0.1, 0.15) is 6.10 Å². The maximum atomic E-state index is 12.0. The van der Waals surface area contributed by atoms with Crippen LogP contribution >= 0.6 is 0 Å². The number of aliphatic hydroxyl groups is 2. The molecule has 0 spiro atoms. The van der Waals surface area contributed by atoms with Gasteiger partial charge in [0.25, 0.3) is 0 Å². The van der Waals surface area contributed by atoms with Crippen LogP contribution in [0.15, 0.2) is 60.7 Å². The summed E-state index contributed by atoms with van der Waals surface area (Å²) < 4.78 is 4.66. The van der Waals surface area contributed by atoms with E-state index in [1.807, 2.05) is 0 Å². The number of rotatable bonds is 4. The Morgan fingerprint density at radius 1 is 1.05 bits per heavy atom. The van der Waals surface area contributed by atoms with Crippen LogP contribution in [0.25, 0.3) is 0 Å². The minimum Gasteiger partial charge on any atom is -0.467 e. The molecule has 2 aromatic carbocycles. The van der Waals surface area contributed by atoms with E-state index in [1.165, 1.54) is 7.11 Å². The van der Waals surface area contributed by atoms with Gasteiger partial charge in [-0.3, -0.25) is 0 Å². The molecule has 0 saturated heterocycles. The predicted octanol–water partition coefficient (Wildman–Crippen LogP) is 1.78. The molecule has 0 amide bonds. The first-order chi connectivity index (χ1) is 9.60. The van der Waals surface area contributed by atoms with Crippen molar-refractivity contribution in [2.24, 2.45) is 0 Å². The van der Waals surface area contributed by atoms with Crippen molar-refractivity contribution in [3.63, 3.8) is 0 Å². The summed E-state index contributed by atoms with van der Waals surface area (Å²) in [5.74, 6) is -0.903.